The lowest BCUT2D eigenvalue weighted by Crippen LogP contribution is -2.26. The van der Waals surface area contributed by atoms with E-state index >= 15 is 0 Å². The Morgan fingerprint density at radius 3 is 2.89 bits per heavy atom. The molecule has 4 nitrogen and oxygen atoms in total. The molecule has 1 unspecified atom stereocenters. The maximum atomic E-state index is 11.3. The minimum absolute atomic E-state index is 0.350. The van der Waals surface area contributed by atoms with Gasteiger partial charge in [0, 0.05) is 18.8 Å². The van der Waals surface area contributed by atoms with Crippen LogP contribution in [0.1, 0.15) is 36.3 Å². The molecule has 0 bridgehead atoms. The van der Waals surface area contributed by atoms with Gasteiger partial charge in [-0.3, -0.25) is 4.98 Å². The van der Waals surface area contributed by atoms with Crippen LogP contribution in [0.15, 0.2) is 18.3 Å². The normalized spacial score (nSPS) is 12.2. The number of carbonyl (C=O) groups excluding carboxylic acids is 1. The van der Waals surface area contributed by atoms with E-state index in [0.717, 1.165) is 18.7 Å². The number of carbonyl (C=O) groups is 1. The molecule has 0 aliphatic carbocycles. The highest BCUT2D eigenvalue weighted by Crippen LogP contribution is 2.05. The summed E-state index contributed by atoms with van der Waals surface area (Å²) in [6.07, 6.45) is 2.71. The van der Waals surface area contributed by atoms with Crippen LogP contribution in [0.25, 0.3) is 0 Å². The zero-order chi connectivity index (χ0) is 14.1. The van der Waals surface area contributed by atoms with Gasteiger partial charge in [-0.25, -0.2) is 4.79 Å². The molecular weight excluding hydrogens is 260 g/mol. The molecule has 106 valence electrons. The van der Waals surface area contributed by atoms with Gasteiger partial charge in [-0.2, -0.15) is 11.8 Å². The molecule has 0 radical (unpaired) electrons. The van der Waals surface area contributed by atoms with Gasteiger partial charge in [0.15, 0.2) is 0 Å². The van der Waals surface area contributed by atoms with Gasteiger partial charge in [0.1, 0.15) is 0 Å². The summed E-state index contributed by atoms with van der Waals surface area (Å²) in [6, 6.07) is 4.07. The van der Waals surface area contributed by atoms with Crippen molar-refractivity contribution >= 4 is 17.7 Å². The molecular formula is C14H22N2O2S. The van der Waals surface area contributed by atoms with Gasteiger partial charge in [0.2, 0.25) is 0 Å². The van der Waals surface area contributed by atoms with Crippen LogP contribution in [0.5, 0.6) is 0 Å². The molecule has 5 heteroatoms. The van der Waals surface area contributed by atoms with Crippen LogP contribution in [-0.2, 0) is 11.3 Å². The number of nitrogens with one attached hydrogen (secondary N) is 1. The lowest BCUT2D eigenvalue weighted by Gasteiger charge is -2.13. The Kier molecular flexibility index (Phi) is 7.52. The standard InChI is InChI=1S/C14H22N2O2S/c1-4-19-8-7-11(2)15-10-13-6-5-12(9-16-13)14(17)18-3/h5-6,9,11,15H,4,7-8,10H2,1-3H3. The number of rotatable bonds is 8. The van der Waals surface area contributed by atoms with Crippen molar-refractivity contribution in [3.05, 3.63) is 29.6 Å². The SMILES string of the molecule is CCSCCC(C)NCc1ccc(C(=O)OC)cn1. The number of pyridine rings is 1. The smallest absolute Gasteiger partial charge is 0.339 e. The molecule has 19 heavy (non-hydrogen) atoms. The first-order chi connectivity index (χ1) is 9.17. The van der Waals surface area contributed by atoms with Crippen LogP contribution in [-0.4, -0.2) is 35.6 Å². The quantitative estimate of drug-likeness (QED) is 0.586. The lowest BCUT2D eigenvalue weighted by molar-refractivity contribution is 0.0600. The average molecular weight is 282 g/mol. The number of nitrogens with zero attached hydrogens (tertiary/aromatic N) is 1. The van der Waals surface area contributed by atoms with E-state index in [1.807, 2.05) is 17.8 Å². The number of esters is 1. The molecule has 0 aliphatic heterocycles. The van der Waals surface area contributed by atoms with Crippen molar-refractivity contribution in [2.75, 3.05) is 18.6 Å². The molecule has 1 rings (SSSR count). The summed E-state index contributed by atoms with van der Waals surface area (Å²) in [7, 11) is 1.37. The van der Waals surface area contributed by atoms with Crippen LogP contribution in [0.2, 0.25) is 0 Å². The van der Waals surface area contributed by atoms with Gasteiger partial charge in [-0.1, -0.05) is 6.92 Å². The highest BCUT2D eigenvalue weighted by molar-refractivity contribution is 7.99. The summed E-state index contributed by atoms with van der Waals surface area (Å²) in [6.45, 7) is 5.08. The molecule has 0 spiro atoms. The summed E-state index contributed by atoms with van der Waals surface area (Å²) < 4.78 is 4.63. The largest absolute Gasteiger partial charge is 0.465 e. The van der Waals surface area contributed by atoms with E-state index in [0.29, 0.717) is 11.6 Å². The summed E-state index contributed by atoms with van der Waals surface area (Å²) in [5, 5.41) is 3.43. The second kappa shape index (κ2) is 8.93. The molecule has 1 heterocycles. The fraction of sp³-hybridized carbons (Fsp3) is 0.571. The van der Waals surface area contributed by atoms with Crippen LogP contribution in [0.3, 0.4) is 0 Å². The van der Waals surface area contributed by atoms with Crippen LogP contribution in [0.4, 0.5) is 0 Å². The first kappa shape index (κ1) is 16.0. The molecule has 1 aromatic heterocycles. The van der Waals surface area contributed by atoms with Gasteiger partial charge >= 0.3 is 5.97 Å². The Balaban J connectivity index is 2.35. The number of hydrogen-bond donors (Lipinski definition) is 1. The third-order valence-electron chi connectivity index (χ3n) is 2.78. The molecule has 0 fully saturated rings. The van der Waals surface area contributed by atoms with Gasteiger partial charge in [-0.15, -0.1) is 0 Å². The highest BCUT2D eigenvalue weighted by Gasteiger charge is 2.06. The van der Waals surface area contributed by atoms with Crippen molar-refractivity contribution in [3.63, 3.8) is 0 Å². The Bertz CT molecular complexity index is 382. The van der Waals surface area contributed by atoms with E-state index in [9.17, 15) is 4.79 Å². The lowest BCUT2D eigenvalue weighted by atomic mass is 10.2. The second-order valence-corrected chi connectivity index (χ2v) is 5.69. The number of hydrogen-bond acceptors (Lipinski definition) is 5. The van der Waals surface area contributed by atoms with E-state index in [1.54, 1.807) is 12.3 Å². The number of ether oxygens (including phenoxy) is 1. The van der Waals surface area contributed by atoms with Gasteiger partial charge in [0.05, 0.1) is 18.4 Å². The third-order valence-corrected chi connectivity index (χ3v) is 3.71. The molecule has 1 N–H and O–H groups in total. The second-order valence-electron chi connectivity index (χ2n) is 4.30. The van der Waals surface area contributed by atoms with E-state index in [1.165, 1.54) is 18.6 Å². The molecule has 0 saturated heterocycles. The van der Waals surface area contributed by atoms with Gasteiger partial charge in [0.25, 0.3) is 0 Å². The zero-order valence-electron chi connectivity index (χ0n) is 11.8. The van der Waals surface area contributed by atoms with E-state index < -0.39 is 0 Å². The summed E-state index contributed by atoms with van der Waals surface area (Å²) in [4.78, 5) is 15.5. The summed E-state index contributed by atoms with van der Waals surface area (Å²) in [5.41, 5.74) is 1.42. The Hall–Kier alpha value is -1.07. The highest BCUT2D eigenvalue weighted by atomic mass is 32.2. The van der Waals surface area contributed by atoms with E-state index in [4.69, 9.17) is 0 Å². The molecule has 0 aliphatic rings. The van der Waals surface area contributed by atoms with Crippen molar-refractivity contribution in [2.24, 2.45) is 0 Å². The van der Waals surface area contributed by atoms with E-state index in [2.05, 4.69) is 28.9 Å². The number of thioether (sulfide) groups is 1. The molecule has 0 amide bonds. The predicted octanol–water partition coefficient (Wildman–Crippen LogP) is 2.49. The minimum Gasteiger partial charge on any atom is -0.465 e. The van der Waals surface area contributed by atoms with Crippen molar-refractivity contribution in [1.29, 1.82) is 0 Å². The Labute approximate surface area is 119 Å². The first-order valence-electron chi connectivity index (χ1n) is 6.51. The molecule has 0 saturated carbocycles. The zero-order valence-corrected chi connectivity index (χ0v) is 12.6. The van der Waals surface area contributed by atoms with Gasteiger partial charge < -0.3 is 10.1 Å². The topological polar surface area (TPSA) is 51.2 Å². The molecule has 0 aromatic carbocycles. The fourth-order valence-corrected chi connectivity index (χ4v) is 2.36. The summed E-state index contributed by atoms with van der Waals surface area (Å²) in [5.74, 6) is 2.00. The number of aromatic nitrogens is 1. The maximum Gasteiger partial charge on any atom is 0.339 e. The van der Waals surface area contributed by atoms with Crippen molar-refractivity contribution < 1.29 is 9.53 Å². The Morgan fingerprint density at radius 2 is 2.32 bits per heavy atom. The van der Waals surface area contributed by atoms with Crippen LogP contribution < -0.4 is 5.32 Å². The third kappa shape index (κ3) is 6.07. The van der Waals surface area contributed by atoms with Gasteiger partial charge in [-0.05, 0) is 37.0 Å². The maximum absolute atomic E-state index is 11.3. The van der Waals surface area contributed by atoms with E-state index in [-0.39, 0.29) is 5.97 Å². The van der Waals surface area contributed by atoms with Crippen LogP contribution >= 0.6 is 11.8 Å². The van der Waals surface area contributed by atoms with Crippen LogP contribution in [0, 0.1) is 0 Å². The molecule has 1 aromatic rings. The average Bonchev–Trinajstić information content (AvgIpc) is 2.45. The molecule has 1 atom stereocenters. The van der Waals surface area contributed by atoms with Crippen molar-refractivity contribution in [1.82, 2.24) is 10.3 Å². The van der Waals surface area contributed by atoms with Crippen molar-refractivity contribution in [2.45, 2.75) is 32.9 Å². The van der Waals surface area contributed by atoms with Crippen molar-refractivity contribution in [3.8, 4) is 0 Å². The monoisotopic (exact) mass is 282 g/mol. The minimum atomic E-state index is -0.350. The fourth-order valence-electron chi connectivity index (χ4n) is 1.55. The number of methoxy groups -OCH3 is 1. The first-order valence-corrected chi connectivity index (χ1v) is 7.67. The predicted molar refractivity (Wildman–Crippen MR) is 79.5 cm³/mol. The summed E-state index contributed by atoms with van der Waals surface area (Å²) >= 11 is 1.96. The Morgan fingerprint density at radius 1 is 1.53 bits per heavy atom.